The van der Waals surface area contributed by atoms with Crippen LogP contribution in [0.2, 0.25) is 0 Å². The van der Waals surface area contributed by atoms with E-state index >= 15 is 0 Å². The second kappa shape index (κ2) is 4.72. The van der Waals surface area contributed by atoms with Gasteiger partial charge in [0.05, 0.1) is 12.1 Å². The Morgan fingerprint density at radius 1 is 1.17 bits per heavy atom. The first-order valence-corrected chi connectivity index (χ1v) is 5.43. The summed E-state index contributed by atoms with van der Waals surface area (Å²) in [5.74, 6) is -0.205. The van der Waals surface area contributed by atoms with Crippen molar-refractivity contribution in [2.24, 2.45) is 0 Å². The van der Waals surface area contributed by atoms with Crippen molar-refractivity contribution in [1.82, 2.24) is 0 Å². The van der Waals surface area contributed by atoms with E-state index in [4.69, 9.17) is 6.57 Å². The highest BCUT2D eigenvalue weighted by molar-refractivity contribution is 5.98. The third kappa shape index (κ3) is 2.23. The van der Waals surface area contributed by atoms with E-state index in [1.54, 1.807) is 30.3 Å². The summed E-state index contributed by atoms with van der Waals surface area (Å²) in [7, 11) is 0. The van der Waals surface area contributed by atoms with E-state index in [0.29, 0.717) is 11.3 Å². The molecule has 0 fully saturated rings. The van der Waals surface area contributed by atoms with Crippen molar-refractivity contribution in [1.29, 1.82) is 0 Å². The van der Waals surface area contributed by atoms with E-state index < -0.39 is 0 Å². The van der Waals surface area contributed by atoms with Crippen LogP contribution in [0.15, 0.2) is 42.5 Å². The number of ketones is 1. The Morgan fingerprint density at radius 2 is 1.89 bits per heavy atom. The minimum Gasteiger partial charge on any atom is -0.507 e. The van der Waals surface area contributed by atoms with Crippen molar-refractivity contribution in [2.75, 3.05) is 0 Å². The summed E-state index contributed by atoms with van der Waals surface area (Å²) in [5, 5.41) is 9.58. The quantitative estimate of drug-likeness (QED) is 0.637. The number of hydrogen-bond donors (Lipinski definition) is 1. The molecule has 2 rings (SSSR count). The first-order valence-electron chi connectivity index (χ1n) is 5.43. The van der Waals surface area contributed by atoms with Crippen LogP contribution in [0, 0.1) is 6.57 Å². The molecule has 88 valence electrons. The molecule has 0 atom stereocenters. The van der Waals surface area contributed by atoms with Gasteiger partial charge in [0.2, 0.25) is 0 Å². The highest BCUT2D eigenvalue weighted by Crippen LogP contribution is 2.28. The van der Waals surface area contributed by atoms with E-state index in [1.165, 1.54) is 13.0 Å². The molecule has 0 heterocycles. The molecule has 0 spiro atoms. The standard InChI is InChI=1S/C15H11NO2/c1-10(17)14-9-12(6-7-15(14)18)11-4-3-5-13(8-11)16-2/h3-9,18H,1H3. The van der Waals surface area contributed by atoms with Crippen molar-refractivity contribution in [3.63, 3.8) is 0 Å². The van der Waals surface area contributed by atoms with Gasteiger partial charge in [0.1, 0.15) is 5.75 Å². The average Bonchev–Trinajstić information content (AvgIpc) is 2.39. The van der Waals surface area contributed by atoms with Gasteiger partial charge in [-0.3, -0.25) is 4.79 Å². The number of Topliss-reactive ketones (excluding diaryl/α,β-unsaturated/α-hetero) is 1. The number of phenolic OH excluding ortho intramolecular Hbond substituents is 1. The largest absolute Gasteiger partial charge is 0.507 e. The molecule has 2 aromatic rings. The van der Waals surface area contributed by atoms with Gasteiger partial charge in [0, 0.05) is 0 Å². The molecular formula is C15H11NO2. The molecule has 18 heavy (non-hydrogen) atoms. The predicted molar refractivity (Wildman–Crippen MR) is 69.8 cm³/mol. The van der Waals surface area contributed by atoms with Gasteiger partial charge in [0.15, 0.2) is 11.5 Å². The highest BCUT2D eigenvalue weighted by atomic mass is 16.3. The summed E-state index contributed by atoms with van der Waals surface area (Å²) in [5.41, 5.74) is 2.50. The van der Waals surface area contributed by atoms with Gasteiger partial charge in [-0.2, -0.15) is 0 Å². The molecule has 0 unspecified atom stereocenters. The maximum Gasteiger partial charge on any atom is 0.187 e. The number of phenols is 1. The molecule has 0 aliphatic heterocycles. The zero-order valence-corrected chi connectivity index (χ0v) is 9.84. The van der Waals surface area contributed by atoms with E-state index in [1.807, 2.05) is 6.07 Å². The van der Waals surface area contributed by atoms with Crippen LogP contribution in [0.4, 0.5) is 5.69 Å². The first kappa shape index (κ1) is 11.9. The Kier molecular flexibility index (Phi) is 3.11. The minimum absolute atomic E-state index is 0.0208. The zero-order valence-electron chi connectivity index (χ0n) is 9.84. The van der Waals surface area contributed by atoms with Crippen molar-refractivity contribution in [3.05, 3.63) is 59.4 Å². The maximum atomic E-state index is 11.4. The van der Waals surface area contributed by atoms with Crippen LogP contribution in [0.3, 0.4) is 0 Å². The lowest BCUT2D eigenvalue weighted by atomic mass is 10.0. The van der Waals surface area contributed by atoms with Crippen LogP contribution in [-0.2, 0) is 0 Å². The molecule has 1 N–H and O–H groups in total. The summed E-state index contributed by atoms with van der Waals surface area (Å²) in [4.78, 5) is 14.7. The van der Waals surface area contributed by atoms with Crippen LogP contribution >= 0.6 is 0 Å². The van der Waals surface area contributed by atoms with Crippen LogP contribution in [0.5, 0.6) is 5.75 Å². The van der Waals surface area contributed by atoms with Gasteiger partial charge in [-0.15, -0.1) is 0 Å². The van der Waals surface area contributed by atoms with Crippen LogP contribution < -0.4 is 0 Å². The fourth-order valence-corrected chi connectivity index (χ4v) is 1.75. The number of aromatic hydroxyl groups is 1. The Bertz CT molecular complexity index is 654. The molecule has 2 aromatic carbocycles. The molecule has 0 saturated carbocycles. The molecule has 0 radical (unpaired) electrons. The summed E-state index contributed by atoms with van der Waals surface area (Å²) < 4.78 is 0. The molecule has 0 aromatic heterocycles. The molecular weight excluding hydrogens is 226 g/mol. The fraction of sp³-hybridized carbons (Fsp3) is 0.0667. The number of hydrogen-bond acceptors (Lipinski definition) is 2. The van der Waals surface area contributed by atoms with Crippen LogP contribution in [-0.4, -0.2) is 10.9 Å². The Labute approximate surface area is 105 Å². The minimum atomic E-state index is -0.185. The van der Waals surface area contributed by atoms with Gasteiger partial charge < -0.3 is 5.11 Å². The normalized spacial score (nSPS) is 9.78. The van der Waals surface area contributed by atoms with E-state index in [0.717, 1.165) is 11.1 Å². The molecule has 0 aliphatic rings. The number of rotatable bonds is 2. The van der Waals surface area contributed by atoms with E-state index in [2.05, 4.69) is 4.85 Å². The van der Waals surface area contributed by atoms with Gasteiger partial charge >= 0.3 is 0 Å². The van der Waals surface area contributed by atoms with Gasteiger partial charge in [0.25, 0.3) is 0 Å². The van der Waals surface area contributed by atoms with Crippen molar-refractivity contribution >= 4 is 11.5 Å². The summed E-state index contributed by atoms with van der Waals surface area (Å²) in [6.45, 7) is 8.39. The van der Waals surface area contributed by atoms with E-state index in [9.17, 15) is 9.90 Å². The zero-order chi connectivity index (χ0) is 13.1. The van der Waals surface area contributed by atoms with Crippen LogP contribution in [0.25, 0.3) is 16.0 Å². The average molecular weight is 237 g/mol. The smallest absolute Gasteiger partial charge is 0.187 e. The van der Waals surface area contributed by atoms with Crippen molar-refractivity contribution < 1.29 is 9.90 Å². The van der Waals surface area contributed by atoms with Gasteiger partial charge in [-0.25, -0.2) is 4.85 Å². The summed E-state index contributed by atoms with van der Waals surface area (Å²) >= 11 is 0. The third-order valence-corrected chi connectivity index (χ3v) is 2.68. The first-order chi connectivity index (χ1) is 8.61. The Balaban J connectivity index is 2.54. The Morgan fingerprint density at radius 3 is 2.56 bits per heavy atom. The Hall–Kier alpha value is -2.60. The molecule has 0 saturated heterocycles. The molecule has 0 aliphatic carbocycles. The van der Waals surface area contributed by atoms with Gasteiger partial charge in [-0.1, -0.05) is 24.3 Å². The molecule has 3 heteroatoms. The SMILES string of the molecule is [C-]#[N+]c1cccc(-c2ccc(O)c(C(C)=O)c2)c1. The second-order valence-corrected chi connectivity index (χ2v) is 3.95. The van der Waals surface area contributed by atoms with Crippen molar-refractivity contribution in [3.8, 4) is 16.9 Å². The predicted octanol–water partition coefficient (Wildman–Crippen LogP) is 3.81. The molecule has 0 bridgehead atoms. The number of carbonyl (C=O) groups is 1. The lowest BCUT2D eigenvalue weighted by Crippen LogP contribution is -1.93. The summed E-state index contributed by atoms with van der Waals surface area (Å²) in [6, 6.07) is 12.0. The van der Waals surface area contributed by atoms with Crippen LogP contribution in [0.1, 0.15) is 17.3 Å². The topological polar surface area (TPSA) is 41.7 Å². The fourth-order valence-electron chi connectivity index (χ4n) is 1.75. The third-order valence-electron chi connectivity index (χ3n) is 2.68. The summed E-state index contributed by atoms with van der Waals surface area (Å²) in [6.07, 6.45) is 0. The molecule has 3 nitrogen and oxygen atoms in total. The lowest BCUT2D eigenvalue weighted by molar-refractivity contribution is 0.101. The number of carbonyl (C=O) groups excluding carboxylic acids is 1. The number of benzene rings is 2. The highest BCUT2D eigenvalue weighted by Gasteiger charge is 2.08. The second-order valence-electron chi connectivity index (χ2n) is 3.95. The lowest BCUT2D eigenvalue weighted by Gasteiger charge is -2.06. The van der Waals surface area contributed by atoms with Crippen molar-refractivity contribution in [2.45, 2.75) is 6.92 Å². The monoisotopic (exact) mass is 237 g/mol. The maximum absolute atomic E-state index is 11.4. The van der Waals surface area contributed by atoms with Gasteiger partial charge in [-0.05, 0) is 36.2 Å². The number of nitrogens with zero attached hydrogens (tertiary/aromatic N) is 1. The molecule has 0 amide bonds. The van der Waals surface area contributed by atoms with E-state index in [-0.39, 0.29) is 11.5 Å².